The summed E-state index contributed by atoms with van der Waals surface area (Å²) in [5.74, 6) is 0.186. The Morgan fingerprint density at radius 2 is 1.25 bits per heavy atom. The summed E-state index contributed by atoms with van der Waals surface area (Å²) in [5.41, 5.74) is -2.25. The molecule has 18 atom stereocenters. The zero-order valence-corrected chi connectivity index (χ0v) is 40.1. The van der Waals surface area contributed by atoms with Crippen molar-refractivity contribution in [3.05, 3.63) is 0 Å². The number of nitrogens with zero attached hydrogens (tertiary/aromatic N) is 1. The quantitative estimate of drug-likeness (QED) is 0.132. The van der Waals surface area contributed by atoms with Crippen molar-refractivity contribution in [3.8, 4) is 0 Å². The maximum absolute atomic E-state index is 8.81. The van der Waals surface area contributed by atoms with E-state index in [1.165, 1.54) is 0 Å². The molecule has 0 aliphatic carbocycles. The fraction of sp³-hybridized carbons (Fsp3) is 0.951. The van der Waals surface area contributed by atoms with E-state index in [1.807, 2.05) is 54.6 Å². The zero-order valence-electron chi connectivity index (χ0n) is 38.5. The molecule has 4 aliphatic heterocycles. The Morgan fingerprint density at radius 3 is 1.73 bits per heavy atom. The van der Waals surface area contributed by atoms with Crippen molar-refractivity contribution in [2.24, 2.45) is 27.9 Å². The van der Waals surface area contributed by atoms with Crippen LogP contribution in [0.3, 0.4) is 0 Å². The molecule has 4 fully saturated rings. The largest absolute Gasteiger partial charge is 0.372 e. The van der Waals surface area contributed by atoms with Gasteiger partial charge in [-0.1, -0.05) is 54.1 Å². The maximum Gasteiger partial charge on any atom is 0.209 e. The normalized spacial score (nSPS) is 45.9. The zero-order chi connectivity index (χ0) is 42.4. The van der Waals surface area contributed by atoms with Crippen LogP contribution >= 0.6 is 22.2 Å². The van der Waals surface area contributed by atoms with Crippen LogP contribution in [0.15, 0.2) is 4.74 Å². The molecule has 0 saturated carbocycles. The third-order valence-corrected chi connectivity index (χ3v) is 16.6. The predicted octanol–water partition coefficient (Wildman–Crippen LogP) is 10.1. The summed E-state index contributed by atoms with van der Waals surface area (Å²) < 4.78 is 79.7. The van der Waals surface area contributed by atoms with Gasteiger partial charge < -0.3 is 46.1 Å². The van der Waals surface area contributed by atoms with Crippen molar-refractivity contribution in [1.29, 1.82) is 0 Å². The number of hydrogen-bond donors (Lipinski definition) is 0. The van der Waals surface area contributed by atoms with Gasteiger partial charge in [0.2, 0.25) is 7.51 Å². The van der Waals surface area contributed by atoms with Gasteiger partial charge in [0.15, 0.2) is 0 Å². The van der Waals surface area contributed by atoms with Gasteiger partial charge in [-0.15, -0.1) is 0 Å². The fourth-order valence-electron chi connectivity index (χ4n) is 8.55. The second kappa shape index (κ2) is 17.8. The molecule has 14 heteroatoms. The lowest BCUT2D eigenvalue weighted by Gasteiger charge is -2.39. The molecule has 0 bridgehead atoms. The van der Waals surface area contributed by atoms with Gasteiger partial charge in [0.25, 0.3) is 0 Å². The second-order valence-corrected chi connectivity index (χ2v) is 26.8. The highest BCUT2D eigenvalue weighted by Gasteiger charge is 2.54. The number of hydrogen-bond acceptors (Lipinski definition) is 11. The van der Waals surface area contributed by atoms with Crippen molar-refractivity contribution in [3.63, 3.8) is 0 Å². The lowest BCUT2D eigenvalue weighted by molar-refractivity contribution is -0.0950. The second-order valence-electron chi connectivity index (χ2n) is 19.4. The van der Waals surface area contributed by atoms with E-state index in [4.69, 9.17) is 52.2 Å². The van der Waals surface area contributed by atoms with Gasteiger partial charge in [-0.25, -0.2) is 0 Å². The highest BCUT2D eigenvalue weighted by atomic mass is 31.2. The minimum atomic E-state index is -2.75. The van der Waals surface area contributed by atoms with Crippen molar-refractivity contribution in [2.75, 3.05) is 46.4 Å². The molecule has 0 spiro atoms. The van der Waals surface area contributed by atoms with Crippen LogP contribution in [0.5, 0.6) is 0 Å². The molecular weight excluding hydrogens is 759 g/mol. The number of rotatable bonds is 17. The molecule has 4 saturated heterocycles. The van der Waals surface area contributed by atoms with E-state index < -0.39 is 45.4 Å². The van der Waals surface area contributed by atoms with Gasteiger partial charge in [-0.2, -0.15) is 0 Å². The van der Waals surface area contributed by atoms with E-state index in [0.29, 0.717) is 6.54 Å². The SMILES string of the molecule is [3H]C1C(C)C(C)OC1(C)COP(C)(=NCC)OC1C(C)C(C)OC1(C)COP(=C)(C)OC1C(C)C(C)OC1(C)COP(=C)(C)OC1CC(C)OC1CC(C)(C)C. The van der Waals surface area contributed by atoms with Gasteiger partial charge in [-0.3, -0.25) is 4.74 Å². The Kier molecular flexibility index (Phi) is 15.0. The van der Waals surface area contributed by atoms with Crippen LogP contribution < -0.4 is 0 Å². The molecule has 4 rings (SSSR count). The molecule has 18 unspecified atom stereocenters. The summed E-state index contributed by atoms with van der Waals surface area (Å²) >= 11 is 0. The Hall–Kier alpha value is 0.430. The van der Waals surface area contributed by atoms with Crippen LogP contribution in [-0.2, 0) is 46.1 Å². The van der Waals surface area contributed by atoms with E-state index in [9.17, 15) is 0 Å². The summed E-state index contributed by atoms with van der Waals surface area (Å²) in [5, 5.41) is 0. The van der Waals surface area contributed by atoms with Gasteiger partial charge in [0.1, 0.15) is 38.1 Å². The molecule has 324 valence electrons. The summed E-state index contributed by atoms with van der Waals surface area (Å²) in [6.45, 7) is 36.4. The first-order valence-electron chi connectivity index (χ1n) is 21.1. The summed E-state index contributed by atoms with van der Waals surface area (Å²) in [4.78, 5) is 0. The van der Waals surface area contributed by atoms with Crippen LogP contribution in [0.1, 0.15) is 118 Å². The highest BCUT2D eigenvalue weighted by Crippen LogP contribution is 2.58. The minimum absolute atomic E-state index is 0.00286. The monoisotopic (exact) mass is 842 g/mol. The first-order valence-corrected chi connectivity index (χ1v) is 27.1. The van der Waals surface area contributed by atoms with Crippen molar-refractivity contribution in [1.82, 2.24) is 0 Å². The smallest absolute Gasteiger partial charge is 0.209 e. The van der Waals surface area contributed by atoms with E-state index in [2.05, 4.69) is 74.9 Å². The van der Waals surface area contributed by atoms with Crippen molar-refractivity contribution >= 4 is 34.8 Å². The first kappa shape index (κ1) is 46.5. The molecule has 0 aromatic rings. The minimum Gasteiger partial charge on any atom is -0.372 e. The fourth-order valence-corrected chi connectivity index (χ4v) is 13.5. The molecule has 4 heterocycles. The molecule has 4 aliphatic rings. The molecule has 0 radical (unpaired) electrons. The Labute approximate surface area is 337 Å². The summed E-state index contributed by atoms with van der Waals surface area (Å²) in [6, 6.07) is 0. The number of ether oxygens (including phenoxy) is 4. The van der Waals surface area contributed by atoms with Crippen LogP contribution in [0, 0.1) is 23.2 Å². The standard InChI is InChI=1S/C41H80NO10P3/c1-20-42-55(19,45-24-39(12)22-27(2)31(6)47-39)52-37-30(5)33(8)49-41(37,14)26-44-54(17,18)51-36-29(4)32(7)48-40(36,13)25-43-53(15,16)50-34-21-28(3)46-35(34)23-38(9,10)11/h27-37H,15,17,20-26H2,1-14,16,18-19H3/i22T. The average Bonchev–Trinajstić information content (AvgIpc) is 3.65. The molecule has 0 N–H and O–H groups in total. The van der Waals surface area contributed by atoms with Crippen LogP contribution in [0.2, 0.25) is 0 Å². The van der Waals surface area contributed by atoms with Crippen molar-refractivity contribution in [2.45, 2.75) is 182 Å². The molecule has 0 aromatic carbocycles. The van der Waals surface area contributed by atoms with Crippen LogP contribution in [0.4, 0.5) is 0 Å². The average molecular weight is 842 g/mol. The summed E-state index contributed by atoms with van der Waals surface area (Å²) in [7, 11) is -7.95. The van der Waals surface area contributed by atoms with Crippen LogP contribution in [0.25, 0.3) is 0 Å². The Morgan fingerprint density at radius 1 is 0.745 bits per heavy atom. The van der Waals surface area contributed by atoms with Gasteiger partial charge in [-0.05, 0) is 79.5 Å². The van der Waals surface area contributed by atoms with E-state index in [0.717, 1.165) is 12.8 Å². The van der Waals surface area contributed by atoms with E-state index >= 15 is 0 Å². The Bertz CT molecular complexity index is 1500. The van der Waals surface area contributed by atoms with Crippen molar-refractivity contribution < 1.29 is 47.5 Å². The molecule has 0 amide bonds. The lowest BCUT2D eigenvalue weighted by Crippen LogP contribution is -2.45. The van der Waals surface area contributed by atoms with E-state index in [1.54, 1.807) is 0 Å². The Balaban J connectivity index is 1.43. The molecule has 11 nitrogen and oxygen atoms in total. The maximum atomic E-state index is 8.81. The van der Waals surface area contributed by atoms with E-state index in [-0.39, 0.29) is 91.8 Å². The van der Waals surface area contributed by atoms with Gasteiger partial charge in [0, 0.05) is 46.2 Å². The molecule has 0 aromatic heterocycles. The van der Waals surface area contributed by atoms with Gasteiger partial charge >= 0.3 is 0 Å². The highest BCUT2D eigenvalue weighted by molar-refractivity contribution is 7.64. The summed E-state index contributed by atoms with van der Waals surface area (Å²) in [6.07, 6.45) is 9.38. The molecule has 55 heavy (non-hydrogen) atoms. The predicted molar refractivity (Wildman–Crippen MR) is 230 cm³/mol. The third-order valence-electron chi connectivity index (χ3n) is 11.8. The molecular formula is C41H80NO10P3. The van der Waals surface area contributed by atoms with Gasteiger partial charge in [0.05, 0.1) is 62.0 Å². The van der Waals surface area contributed by atoms with Crippen LogP contribution in [-0.4, -0.2) is 125 Å². The topological polar surface area (TPSA) is 105 Å². The first-order chi connectivity index (χ1) is 25.5. The lowest BCUT2D eigenvalue weighted by atomic mass is 9.87. The third kappa shape index (κ3) is 12.5.